The van der Waals surface area contributed by atoms with Crippen LogP contribution in [0.5, 0.6) is 11.5 Å². The zero-order valence-electron chi connectivity index (χ0n) is 10.7. The van der Waals surface area contributed by atoms with Gasteiger partial charge in [0.25, 0.3) is 0 Å². The summed E-state index contributed by atoms with van der Waals surface area (Å²) in [5, 5.41) is 7.12. The summed E-state index contributed by atoms with van der Waals surface area (Å²) >= 11 is 5.27. The highest BCUT2D eigenvalue weighted by atomic mass is 32.1. The third-order valence-electron chi connectivity index (χ3n) is 3.09. The number of ether oxygens (including phenoxy) is 2. The highest BCUT2D eigenvalue weighted by molar-refractivity contribution is 7.71. The predicted molar refractivity (Wildman–Crippen MR) is 73.1 cm³/mol. The Morgan fingerprint density at radius 2 is 2.21 bits per heavy atom. The number of nitrogens with one attached hydrogen (secondary N) is 1. The van der Waals surface area contributed by atoms with Crippen LogP contribution in [-0.2, 0) is 13.0 Å². The van der Waals surface area contributed by atoms with Gasteiger partial charge in [-0.3, -0.25) is 9.67 Å². The standard InChI is InChI=1S/C13H15N3O2S/c1-2-3-12-14-15-13(19)16(12)7-9-4-5-10-11(6-9)18-8-17-10/h4-6H,2-3,7-8H2,1H3,(H,15,19). The van der Waals surface area contributed by atoms with Crippen LogP contribution < -0.4 is 9.47 Å². The average Bonchev–Trinajstić information content (AvgIpc) is 3.00. The highest BCUT2D eigenvalue weighted by Crippen LogP contribution is 2.32. The van der Waals surface area contributed by atoms with Crippen LogP contribution in [0.15, 0.2) is 18.2 Å². The molecule has 0 saturated heterocycles. The van der Waals surface area contributed by atoms with Crippen LogP contribution in [0.3, 0.4) is 0 Å². The molecule has 1 aromatic carbocycles. The number of nitrogens with zero attached hydrogens (tertiary/aromatic N) is 2. The van der Waals surface area contributed by atoms with Crippen molar-refractivity contribution in [2.24, 2.45) is 0 Å². The molecule has 19 heavy (non-hydrogen) atoms. The summed E-state index contributed by atoms with van der Waals surface area (Å²) < 4.78 is 13.4. The van der Waals surface area contributed by atoms with Crippen molar-refractivity contribution in [3.63, 3.8) is 0 Å². The Bertz CT molecular complexity index is 648. The molecule has 1 aliphatic heterocycles. The number of aromatic nitrogens is 3. The van der Waals surface area contributed by atoms with Gasteiger partial charge in [0.2, 0.25) is 6.79 Å². The molecule has 0 aliphatic carbocycles. The van der Waals surface area contributed by atoms with Crippen LogP contribution in [0.1, 0.15) is 24.7 Å². The number of aryl methyl sites for hydroxylation is 1. The number of H-pyrrole nitrogens is 1. The van der Waals surface area contributed by atoms with E-state index in [9.17, 15) is 0 Å². The molecule has 0 amide bonds. The molecule has 2 heterocycles. The number of aromatic amines is 1. The topological polar surface area (TPSA) is 52.1 Å². The number of benzene rings is 1. The van der Waals surface area contributed by atoms with E-state index >= 15 is 0 Å². The first-order valence-corrected chi connectivity index (χ1v) is 6.71. The lowest BCUT2D eigenvalue weighted by Crippen LogP contribution is -2.05. The maximum Gasteiger partial charge on any atom is 0.231 e. The molecule has 0 saturated carbocycles. The summed E-state index contributed by atoms with van der Waals surface area (Å²) in [4.78, 5) is 0. The van der Waals surface area contributed by atoms with E-state index in [2.05, 4.69) is 17.1 Å². The minimum Gasteiger partial charge on any atom is -0.454 e. The summed E-state index contributed by atoms with van der Waals surface area (Å²) in [5.41, 5.74) is 1.12. The van der Waals surface area contributed by atoms with Gasteiger partial charge < -0.3 is 9.47 Å². The van der Waals surface area contributed by atoms with E-state index in [0.29, 0.717) is 18.1 Å². The Morgan fingerprint density at radius 3 is 3.05 bits per heavy atom. The van der Waals surface area contributed by atoms with Crippen molar-refractivity contribution >= 4 is 12.2 Å². The SMILES string of the molecule is CCCc1n[nH]c(=S)n1Cc1ccc2c(c1)OCO2. The molecule has 100 valence electrons. The van der Waals surface area contributed by atoms with Gasteiger partial charge in [-0.25, -0.2) is 0 Å². The second-order valence-corrected chi connectivity index (χ2v) is 4.86. The maximum absolute atomic E-state index is 5.39. The van der Waals surface area contributed by atoms with Gasteiger partial charge in [-0.2, -0.15) is 5.10 Å². The van der Waals surface area contributed by atoms with E-state index in [-0.39, 0.29) is 0 Å². The van der Waals surface area contributed by atoms with Crippen LogP contribution in [0.4, 0.5) is 0 Å². The Morgan fingerprint density at radius 1 is 1.37 bits per heavy atom. The minimum absolute atomic E-state index is 0.297. The molecule has 0 fully saturated rings. The van der Waals surface area contributed by atoms with Gasteiger partial charge in [0.05, 0.1) is 6.54 Å². The Kier molecular flexibility index (Phi) is 3.25. The summed E-state index contributed by atoms with van der Waals surface area (Å²) in [5.74, 6) is 2.59. The fourth-order valence-electron chi connectivity index (χ4n) is 2.15. The van der Waals surface area contributed by atoms with Crippen LogP contribution in [0.25, 0.3) is 0 Å². The average molecular weight is 277 g/mol. The van der Waals surface area contributed by atoms with Crippen LogP contribution in [0, 0.1) is 4.77 Å². The van der Waals surface area contributed by atoms with E-state index in [0.717, 1.165) is 35.7 Å². The summed E-state index contributed by atoms with van der Waals surface area (Å²) in [6, 6.07) is 5.95. The number of fused-ring (bicyclic) bond motifs is 1. The monoisotopic (exact) mass is 277 g/mol. The van der Waals surface area contributed by atoms with Crippen LogP contribution in [-0.4, -0.2) is 21.6 Å². The molecule has 2 aromatic rings. The molecule has 6 heteroatoms. The number of hydrogen-bond donors (Lipinski definition) is 1. The number of hydrogen-bond acceptors (Lipinski definition) is 4. The van der Waals surface area contributed by atoms with Gasteiger partial charge in [0.1, 0.15) is 5.82 Å². The third kappa shape index (κ3) is 2.35. The summed E-state index contributed by atoms with van der Waals surface area (Å²) in [6.45, 7) is 3.12. The fourth-order valence-corrected chi connectivity index (χ4v) is 2.37. The third-order valence-corrected chi connectivity index (χ3v) is 3.40. The molecule has 1 N–H and O–H groups in total. The van der Waals surface area contributed by atoms with Crippen molar-refractivity contribution in [3.05, 3.63) is 34.4 Å². The van der Waals surface area contributed by atoms with E-state index in [4.69, 9.17) is 21.7 Å². The number of rotatable bonds is 4. The van der Waals surface area contributed by atoms with Crippen molar-refractivity contribution in [2.75, 3.05) is 6.79 Å². The zero-order valence-corrected chi connectivity index (χ0v) is 11.5. The quantitative estimate of drug-likeness (QED) is 0.873. The normalized spacial score (nSPS) is 12.9. The Labute approximate surface area is 116 Å². The van der Waals surface area contributed by atoms with Crippen LogP contribution >= 0.6 is 12.2 Å². The molecule has 1 aliphatic rings. The van der Waals surface area contributed by atoms with Crippen molar-refractivity contribution in [1.82, 2.24) is 14.8 Å². The zero-order chi connectivity index (χ0) is 13.2. The largest absolute Gasteiger partial charge is 0.454 e. The lowest BCUT2D eigenvalue weighted by Gasteiger charge is -2.07. The van der Waals surface area contributed by atoms with Gasteiger partial charge in [0.15, 0.2) is 16.3 Å². The molecular weight excluding hydrogens is 262 g/mol. The maximum atomic E-state index is 5.39. The van der Waals surface area contributed by atoms with Crippen LogP contribution in [0.2, 0.25) is 0 Å². The lowest BCUT2D eigenvalue weighted by atomic mass is 10.2. The predicted octanol–water partition coefficient (Wildman–Crippen LogP) is 2.67. The highest BCUT2D eigenvalue weighted by Gasteiger charge is 2.14. The second-order valence-electron chi connectivity index (χ2n) is 4.47. The van der Waals surface area contributed by atoms with Crippen molar-refractivity contribution < 1.29 is 9.47 Å². The van der Waals surface area contributed by atoms with E-state index in [1.165, 1.54) is 0 Å². The van der Waals surface area contributed by atoms with Crippen molar-refractivity contribution in [1.29, 1.82) is 0 Å². The smallest absolute Gasteiger partial charge is 0.231 e. The first-order valence-electron chi connectivity index (χ1n) is 6.30. The minimum atomic E-state index is 0.297. The molecule has 3 rings (SSSR count). The molecular formula is C13H15N3O2S. The Balaban J connectivity index is 1.89. The first kappa shape index (κ1) is 12.2. The molecule has 0 spiro atoms. The van der Waals surface area contributed by atoms with Gasteiger partial charge in [-0.1, -0.05) is 13.0 Å². The van der Waals surface area contributed by atoms with Crippen molar-refractivity contribution in [2.45, 2.75) is 26.3 Å². The molecule has 1 aromatic heterocycles. The first-order chi connectivity index (χ1) is 9.28. The van der Waals surface area contributed by atoms with E-state index in [1.807, 2.05) is 22.8 Å². The van der Waals surface area contributed by atoms with E-state index in [1.54, 1.807) is 0 Å². The van der Waals surface area contributed by atoms with Gasteiger partial charge in [0, 0.05) is 6.42 Å². The molecule has 0 unspecified atom stereocenters. The fraction of sp³-hybridized carbons (Fsp3) is 0.385. The van der Waals surface area contributed by atoms with Gasteiger partial charge >= 0.3 is 0 Å². The van der Waals surface area contributed by atoms with E-state index < -0.39 is 0 Å². The molecule has 0 atom stereocenters. The molecule has 5 nitrogen and oxygen atoms in total. The summed E-state index contributed by atoms with van der Waals surface area (Å²) in [7, 11) is 0. The second kappa shape index (κ2) is 5.05. The Hall–Kier alpha value is -1.82. The van der Waals surface area contributed by atoms with Gasteiger partial charge in [-0.05, 0) is 36.3 Å². The molecule has 0 bridgehead atoms. The summed E-state index contributed by atoms with van der Waals surface area (Å²) in [6.07, 6.45) is 1.96. The van der Waals surface area contributed by atoms with Crippen molar-refractivity contribution in [3.8, 4) is 11.5 Å². The lowest BCUT2D eigenvalue weighted by molar-refractivity contribution is 0.174. The molecule has 0 radical (unpaired) electrons. The van der Waals surface area contributed by atoms with Gasteiger partial charge in [-0.15, -0.1) is 0 Å².